The van der Waals surface area contributed by atoms with Crippen LogP contribution >= 0.6 is 0 Å². The van der Waals surface area contributed by atoms with Gasteiger partial charge in [0.05, 0.1) is 11.6 Å². The Bertz CT molecular complexity index is 400. The van der Waals surface area contributed by atoms with E-state index in [-0.39, 0.29) is 6.04 Å². The van der Waals surface area contributed by atoms with Crippen LogP contribution in [0, 0.1) is 0 Å². The third-order valence-electron chi connectivity index (χ3n) is 2.30. The topological polar surface area (TPSA) is 21.6 Å². The van der Waals surface area contributed by atoms with Crippen molar-refractivity contribution in [2.45, 2.75) is 18.6 Å². The molecule has 0 N–H and O–H groups in total. The molecular formula is C11H9F3NO. The average Bonchev–Trinajstić information content (AvgIpc) is 2.70. The van der Waals surface area contributed by atoms with Gasteiger partial charge in [-0.3, -0.25) is 0 Å². The monoisotopic (exact) mass is 228 g/mol. The van der Waals surface area contributed by atoms with Crippen molar-refractivity contribution in [2.24, 2.45) is 4.99 Å². The van der Waals surface area contributed by atoms with Crippen molar-refractivity contribution in [1.29, 1.82) is 0 Å². The van der Waals surface area contributed by atoms with Gasteiger partial charge in [-0.2, -0.15) is 13.2 Å². The summed E-state index contributed by atoms with van der Waals surface area (Å²) >= 11 is 0. The molecule has 0 aliphatic carbocycles. The number of ether oxygens (including phenoxy) is 1. The van der Waals surface area contributed by atoms with Crippen molar-refractivity contribution in [3.63, 3.8) is 0 Å². The summed E-state index contributed by atoms with van der Waals surface area (Å²) in [6.45, 7) is 0.385. The molecule has 2 nitrogen and oxygen atoms in total. The van der Waals surface area contributed by atoms with Crippen molar-refractivity contribution in [3.05, 3.63) is 35.4 Å². The van der Waals surface area contributed by atoms with E-state index < -0.39 is 11.7 Å². The zero-order valence-electron chi connectivity index (χ0n) is 8.29. The first kappa shape index (κ1) is 11.0. The third-order valence-corrected chi connectivity index (χ3v) is 2.30. The van der Waals surface area contributed by atoms with Crippen LogP contribution in [0.15, 0.2) is 29.3 Å². The Morgan fingerprint density at radius 3 is 2.88 bits per heavy atom. The highest BCUT2D eigenvalue weighted by Crippen LogP contribution is 2.29. The summed E-state index contributed by atoms with van der Waals surface area (Å²) in [6.07, 6.45) is -1.51. The first-order chi connectivity index (χ1) is 7.55. The number of hydrogen-bond donors (Lipinski definition) is 0. The minimum Gasteiger partial charge on any atom is -0.472 e. The van der Waals surface area contributed by atoms with Crippen molar-refractivity contribution >= 4 is 6.40 Å². The van der Waals surface area contributed by atoms with Gasteiger partial charge >= 0.3 is 6.18 Å². The molecule has 1 radical (unpaired) electrons. The number of alkyl halides is 3. The lowest BCUT2D eigenvalue weighted by molar-refractivity contribution is -0.137. The summed E-state index contributed by atoms with van der Waals surface area (Å²) < 4.78 is 42.1. The molecule has 5 heteroatoms. The first-order valence-electron chi connectivity index (χ1n) is 4.78. The molecule has 0 amide bonds. The van der Waals surface area contributed by atoms with E-state index in [4.69, 9.17) is 4.74 Å². The number of halogens is 3. The van der Waals surface area contributed by atoms with Crippen LogP contribution in [-0.4, -0.2) is 19.0 Å². The van der Waals surface area contributed by atoms with E-state index >= 15 is 0 Å². The van der Waals surface area contributed by atoms with Crippen molar-refractivity contribution in [1.82, 2.24) is 0 Å². The summed E-state index contributed by atoms with van der Waals surface area (Å²) in [4.78, 5) is 3.87. The van der Waals surface area contributed by atoms with Gasteiger partial charge in [-0.25, -0.2) is 4.99 Å². The van der Waals surface area contributed by atoms with Crippen LogP contribution in [0.25, 0.3) is 0 Å². The quantitative estimate of drug-likeness (QED) is 0.762. The fourth-order valence-electron chi connectivity index (χ4n) is 1.53. The van der Waals surface area contributed by atoms with E-state index in [2.05, 4.69) is 11.4 Å². The van der Waals surface area contributed by atoms with Crippen LogP contribution in [0.5, 0.6) is 0 Å². The van der Waals surface area contributed by atoms with E-state index in [1.54, 1.807) is 6.07 Å². The van der Waals surface area contributed by atoms with Gasteiger partial charge in [0.15, 0.2) is 0 Å². The van der Waals surface area contributed by atoms with Gasteiger partial charge in [-0.1, -0.05) is 18.2 Å². The zero-order valence-corrected chi connectivity index (χ0v) is 8.29. The van der Waals surface area contributed by atoms with E-state index in [9.17, 15) is 13.2 Å². The van der Waals surface area contributed by atoms with Crippen LogP contribution in [0.3, 0.4) is 0 Å². The predicted molar refractivity (Wildman–Crippen MR) is 52.3 cm³/mol. The number of aliphatic imine (C=N–C) groups is 1. The minimum atomic E-state index is -4.29. The second-order valence-electron chi connectivity index (χ2n) is 3.59. The zero-order chi connectivity index (χ0) is 11.6. The summed E-state index contributed by atoms with van der Waals surface area (Å²) in [5.74, 6) is 0. The van der Waals surface area contributed by atoms with Crippen LogP contribution < -0.4 is 0 Å². The molecule has 1 aliphatic heterocycles. The molecule has 1 heterocycles. The number of rotatable bonds is 2. The van der Waals surface area contributed by atoms with Gasteiger partial charge in [-0.15, -0.1) is 0 Å². The molecular weight excluding hydrogens is 219 g/mol. The van der Waals surface area contributed by atoms with E-state index in [1.165, 1.54) is 6.07 Å². The number of nitrogens with zero attached hydrogens (tertiary/aromatic N) is 1. The molecule has 0 spiro atoms. The fourth-order valence-corrected chi connectivity index (χ4v) is 1.53. The standard InChI is InChI=1S/C11H9F3NO/c12-11(13,14)9-3-1-2-8(4-9)5-10-6-16-7-15-10/h1-4,10H,5-6H2. The predicted octanol–water partition coefficient (Wildman–Crippen LogP) is 2.55. The Labute approximate surface area is 90.8 Å². The first-order valence-corrected chi connectivity index (χ1v) is 4.78. The highest BCUT2D eigenvalue weighted by molar-refractivity contribution is 5.49. The summed E-state index contributed by atoms with van der Waals surface area (Å²) in [7, 11) is 0. The van der Waals surface area contributed by atoms with Crippen LogP contribution in [0.2, 0.25) is 0 Å². The summed E-state index contributed by atoms with van der Waals surface area (Å²) in [6, 6.07) is 5.14. The van der Waals surface area contributed by atoms with Gasteiger partial charge in [0.2, 0.25) is 0 Å². The Morgan fingerprint density at radius 2 is 2.25 bits per heavy atom. The third kappa shape index (κ3) is 2.53. The van der Waals surface area contributed by atoms with Crippen LogP contribution in [0.4, 0.5) is 13.2 Å². The highest BCUT2D eigenvalue weighted by Gasteiger charge is 2.30. The van der Waals surface area contributed by atoms with Gasteiger partial charge in [0.25, 0.3) is 6.40 Å². The highest BCUT2D eigenvalue weighted by atomic mass is 19.4. The second-order valence-corrected chi connectivity index (χ2v) is 3.59. The molecule has 0 bridgehead atoms. The molecule has 0 fully saturated rings. The smallest absolute Gasteiger partial charge is 0.416 e. The molecule has 0 saturated carbocycles. The van der Waals surface area contributed by atoms with Gasteiger partial charge in [-0.05, 0) is 18.1 Å². The van der Waals surface area contributed by atoms with Crippen molar-refractivity contribution < 1.29 is 17.9 Å². The van der Waals surface area contributed by atoms with Gasteiger partial charge in [0, 0.05) is 0 Å². The van der Waals surface area contributed by atoms with Crippen molar-refractivity contribution in [3.8, 4) is 0 Å². The second kappa shape index (κ2) is 4.15. The maximum Gasteiger partial charge on any atom is 0.416 e. The molecule has 16 heavy (non-hydrogen) atoms. The van der Waals surface area contributed by atoms with Crippen molar-refractivity contribution in [2.75, 3.05) is 6.61 Å². The minimum absolute atomic E-state index is 0.122. The van der Waals surface area contributed by atoms with Crippen LogP contribution in [-0.2, 0) is 17.3 Å². The maximum atomic E-state index is 12.4. The van der Waals surface area contributed by atoms with E-state index in [1.807, 2.05) is 0 Å². The Kier molecular flexibility index (Phi) is 2.85. The number of hydrogen-bond acceptors (Lipinski definition) is 2. The molecule has 0 saturated heterocycles. The molecule has 0 aromatic heterocycles. The molecule has 1 aromatic carbocycles. The van der Waals surface area contributed by atoms with Gasteiger partial charge < -0.3 is 4.74 Å². The molecule has 1 atom stereocenters. The SMILES string of the molecule is FC(F)(F)c1cccc(CC2CO[C]=N2)c1. The summed E-state index contributed by atoms with van der Waals surface area (Å²) in [5.41, 5.74) is -0.0206. The number of benzene rings is 1. The van der Waals surface area contributed by atoms with Gasteiger partial charge in [0.1, 0.15) is 6.61 Å². The largest absolute Gasteiger partial charge is 0.472 e. The fraction of sp³-hybridized carbons (Fsp3) is 0.364. The summed E-state index contributed by atoms with van der Waals surface area (Å²) in [5, 5.41) is 0. The molecule has 2 rings (SSSR count). The lowest BCUT2D eigenvalue weighted by atomic mass is 10.0. The molecule has 1 aliphatic rings. The maximum absolute atomic E-state index is 12.4. The van der Waals surface area contributed by atoms with E-state index in [0.29, 0.717) is 18.6 Å². The van der Waals surface area contributed by atoms with E-state index in [0.717, 1.165) is 12.1 Å². The Balaban J connectivity index is 2.13. The normalized spacial score (nSPS) is 19.8. The molecule has 1 unspecified atom stereocenters. The molecule has 1 aromatic rings. The Morgan fingerprint density at radius 1 is 1.44 bits per heavy atom. The van der Waals surface area contributed by atoms with Crippen LogP contribution in [0.1, 0.15) is 11.1 Å². The Hall–Kier alpha value is -1.52. The molecule has 85 valence electrons. The average molecular weight is 228 g/mol. The lowest BCUT2D eigenvalue weighted by Gasteiger charge is -2.10. The lowest BCUT2D eigenvalue weighted by Crippen LogP contribution is -2.11.